The molecular weight excluding hydrogens is 192 g/mol. The van der Waals surface area contributed by atoms with E-state index in [9.17, 15) is 4.79 Å². The molecule has 0 amide bonds. The predicted octanol–water partition coefficient (Wildman–Crippen LogP) is 0.276. The van der Waals surface area contributed by atoms with E-state index in [1.54, 1.807) is 7.11 Å². The zero-order valence-electron chi connectivity index (χ0n) is 9.79. The van der Waals surface area contributed by atoms with Crippen molar-refractivity contribution in [3.05, 3.63) is 0 Å². The molecule has 4 heteroatoms. The molecule has 1 N–H and O–H groups in total. The zero-order chi connectivity index (χ0) is 11.1. The lowest BCUT2D eigenvalue weighted by atomic mass is 10.0. The third-order valence-electron chi connectivity index (χ3n) is 2.92. The van der Waals surface area contributed by atoms with Gasteiger partial charge in [0, 0.05) is 13.2 Å². The molecule has 1 heterocycles. The molecule has 1 saturated heterocycles. The van der Waals surface area contributed by atoms with Crippen LogP contribution in [0.5, 0.6) is 0 Å². The lowest BCUT2D eigenvalue weighted by molar-refractivity contribution is -0.124. The van der Waals surface area contributed by atoms with E-state index in [2.05, 4.69) is 17.1 Å². The number of Topliss-reactive ketones (excluding diaryl/α,β-unsaturated/α-hetero) is 1. The van der Waals surface area contributed by atoms with Crippen molar-refractivity contribution in [1.82, 2.24) is 10.2 Å². The fourth-order valence-electron chi connectivity index (χ4n) is 2.10. The van der Waals surface area contributed by atoms with Crippen molar-refractivity contribution in [2.75, 3.05) is 39.9 Å². The maximum absolute atomic E-state index is 11.5. The van der Waals surface area contributed by atoms with Gasteiger partial charge in [0.25, 0.3) is 0 Å². The van der Waals surface area contributed by atoms with E-state index >= 15 is 0 Å². The van der Waals surface area contributed by atoms with Gasteiger partial charge in [-0.05, 0) is 32.5 Å². The molecule has 88 valence electrons. The number of methoxy groups -OCH3 is 1. The second-order valence-electron chi connectivity index (χ2n) is 4.02. The van der Waals surface area contributed by atoms with Gasteiger partial charge in [-0.15, -0.1) is 0 Å². The van der Waals surface area contributed by atoms with Gasteiger partial charge in [-0.2, -0.15) is 0 Å². The number of carbonyl (C=O) groups is 1. The number of nitrogens with one attached hydrogen (secondary N) is 1. The van der Waals surface area contributed by atoms with Gasteiger partial charge in [0.1, 0.15) is 6.61 Å². The quantitative estimate of drug-likeness (QED) is 0.689. The van der Waals surface area contributed by atoms with E-state index in [0.29, 0.717) is 12.6 Å². The van der Waals surface area contributed by atoms with Crippen LogP contribution < -0.4 is 5.32 Å². The highest BCUT2D eigenvalue weighted by Crippen LogP contribution is 2.11. The summed E-state index contributed by atoms with van der Waals surface area (Å²) < 4.78 is 4.85. The van der Waals surface area contributed by atoms with Crippen LogP contribution >= 0.6 is 0 Å². The predicted molar refractivity (Wildman–Crippen MR) is 60.0 cm³/mol. The molecule has 0 aromatic heterocycles. The SMILES string of the molecule is CCN(CC(=O)COC)C1CCNCC1. The lowest BCUT2D eigenvalue weighted by Gasteiger charge is -2.33. The average molecular weight is 214 g/mol. The van der Waals surface area contributed by atoms with Crippen LogP contribution in [0, 0.1) is 0 Å². The number of likely N-dealkylation sites (N-methyl/N-ethyl adjacent to an activating group) is 1. The highest BCUT2D eigenvalue weighted by molar-refractivity contribution is 5.81. The van der Waals surface area contributed by atoms with Crippen molar-refractivity contribution >= 4 is 5.78 Å². The first-order valence-corrected chi connectivity index (χ1v) is 5.73. The highest BCUT2D eigenvalue weighted by Gasteiger charge is 2.21. The van der Waals surface area contributed by atoms with Gasteiger partial charge in [0.05, 0.1) is 6.54 Å². The van der Waals surface area contributed by atoms with Gasteiger partial charge in [-0.3, -0.25) is 9.69 Å². The van der Waals surface area contributed by atoms with Crippen molar-refractivity contribution in [3.63, 3.8) is 0 Å². The van der Waals surface area contributed by atoms with E-state index in [1.165, 1.54) is 0 Å². The molecule has 0 aromatic rings. The molecule has 15 heavy (non-hydrogen) atoms. The van der Waals surface area contributed by atoms with E-state index in [0.717, 1.165) is 32.5 Å². The molecule has 1 fully saturated rings. The number of hydrogen-bond acceptors (Lipinski definition) is 4. The molecule has 0 unspecified atom stereocenters. The summed E-state index contributed by atoms with van der Waals surface area (Å²) in [4.78, 5) is 13.7. The van der Waals surface area contributed by atoms with Crippen LogP contribution in [0.4, 0.5) is 0 Å². The first-order chi connectivity index (χ1) is 7.27. The number of rotatable bonds is 6. The summed E-state index contributed by atoms with van der Waals surface area (Å²) in [5.74, 6) is 0.179. The Balaban J connectivity index is 2.36. The van der Waals surface area contributed by atoms with Crippen molar-refractivity contribution in [2.45, 2.75) is 25.8 Å². The Morgan fingerprint density at radius 3 is 2.67 bits per heavy atom. The Bertz CT molecular complexity index is 191. The molecule has 0 bridgehead atoms. The van der Waals surface area contributed by atoms with Crippen LogP contribution in [0.15, 0.2) is 0 Å². The number of hydrogen-bond donors (Lipinski definition) is 1. The van der Waals surface area contributed by atoms with E-state index in [1.807, 2.05) is 0 Å². The van der Waals surface area contributed by atoms with Crippen LogP contribution in [0.1, 0.15) is 19.8 Å². The Kier molecular flexibility index (Phi) is 5.83. The summed E-state index contributed by atoms with van der Waals surface area (Å²) in [6, 6.07) is 0.567. The summed E-state index contributed by atoms with van der Waals surface area (Å²) >= 11 is 0. The molecule has 0 spiro atoms. The van der Waals surface area contributed by atoms with Crippen molar-refractivity contribution in [1.29, 1.82) is 0 Å². The molecule has 1 aliphatic rings. The Hall–Kier alpha value is -0.450. The molecule has 0 aromatic carbocycles. The summed E-state index contributed by atoms with van der Waals surface area (Å²) in [6.07, 6.45) is 2.29. The maximum Gasteiger partial charge on any atom is 0.172 e. The fraction of sp³-hybridized carbons (Fsp3) is 0.909. The fourth-order valence-corrected chi connectivity index (χ4v) is 2.10. The Morgan fingerprint density at radius 1 is 1.47 bits per heavy atom. The van der Waals surface area contributed by atoms with Crippen LogP contribution in [0.25, 0.3) is 0 Å². The topological polar surface area (TPSA) is 41.6 Å². The van der Waals surface area contributed by atoms with E-state index in [-0.39, 0.29) is 12.4 Å². The third kappa shape index (κ3) is 4.28. The Morgan fingerprint density at radius 2 is 2.13 bits per heavy atom. The van der Waals surface area contributed by atoms with Crippen LogP contribution in [-0.2, 0) is 9.53 Å². The summed E-state index contributed by atoms with van der Waals surface area (Å²) in [5, 5.41) is 3.34. The average Bonchev–Trinajstić information content (AvgIpc) is 2.27. The van der Waals surface area contributed by atoms with Crippen molar-refractivity contribution in [2.24, 2.45) is 0 Å². The standard InChI is InChI=1S/C11H22N2O2/c1-3-13(8-11(14)9-15-2)10-4-6-12-7-5-10/h10,12H,3-9H2,1-2H3. The zero-order valence-corrected chi connectivity index (χ0v) is 9.79. The van der Waals surface area contributed by atoms with Gasteiger partial charge in [0.15, 0.2) is 5.78 Å². The minimum atomic E-state index is 0.179. The largest absolute Gasteiger partial charge is 0.377 e. The first-order valence-electron chi connectivity index (χ1n) is 5.73. The smallest absolute Gasteiger partial charge is 0.172 e. The van der Waals surface area contributed by atoms with Crippen LogP contribution in [0.3, 0.4) is 0 Å². The number of piperidine rings is 1. The summed E-state index contributed by atoms with van der Waals surface area (Å²) in [6.45, 7) is 5.97. The lowest BCUT2D eigenvalue weighted by Crippen LogP contribution is -2.45. The number of carbonyl (C=O) groups excluding carboxylic acids is 1. The van der Waals surface area contributed by atoms with Crippen molar-refractivity contribution in [3.8, 4) is 0 Å². The molecular formula is C11H22N2O2. The molecule has 1 aliphatic heterocycles. The van der Waals surface area contributed by atoms with E-state index < -0.39 is 0 Å². The molecule has 1 rings (SSSR count). The second kappa shape index (κ2) is 6.93. The minimum absolute atomic E-state index is 0.179. The first kappa shape index (κ1) is 12.6. The molecule has 0 aliphatic carbocycles. The summed E-state index contributed by atoms with van der Waals surface area (Å²) in [5.41, 5.74) is 0. The van der Waals surface area contributed by atoms with Gasteiger partial charge in [0.2, 0.25) is 0 Å². The third-order valence-corrected chi connectivity index (χ3v) is 2.92. The summed E-state index contributed by atoms with van der Waals surface area (Å²) in [7, 11) is 1.57. The van der Waals surface area contributed by atoms with Crippen molar-refractivity contribution < 1.29 is 9.53 Å². The number of ether oxygens (including phenoxy) is 1. The van der Waals surface area contributed by atoms with E-state index in [4.69, 9.17) is 4.74 Å². The second-order valence-corrected chi connectivity index (χ2v) is 4.02. The van der Waals surface area contributed by atoms with Gasteiger partial charge in [-0.1, -0.05) is 6.92 Å². The molecule has 0 saturated carbocycles. The molecule has 4 nitrogen and oxygen atoms in total. The highest BCUT2D eigenvalue weighted by atomic mass is 16.5. The maximum atomic E-state index is 11.5. The normalized spacial score (nSPS) is 18.3. The van der Waals surface area contributed by atoms with Gasteiger partial charge < -0.3 is 10.1 Å². The Labute approximate surface area is 92.0 Å². The number of ketones is 1. The van der Waals surface area contributed by atoms with Crippen LogP contribution in [0.2, 0.25) is 0 Å². The molecule has 0 radical (unpaired) electrons. The minimum Gasteiger partial charge on any atom is -0.377 e. The van der Waals surface area contributed by atoms with Crippen LogP contribution in [-0.4, -0.2) is 56.6 Å². The monoisotopic (exact) mass is 214 g/mol. The number of nitrogens with zero attached hydrogens (tertiary/aromatic N) is 1. The molecule has 0 atom stereocenters. The van der Waals surface area contributed by atoms with Gasteiger partial charge >= 0.3 is 0 Å². The van der Waals surface area contributed by atoms with Gasteiger partial charge in [-0.25, -0.2) is 0 Å².